The smallest absolute Gasteiger partial charge is 0.326 e. The topological polar surface area (TPSA) is 121 Å². The molecule has 41 heavy (non-hydrogen) atoms. The van der Waals surface area contributed by atoms with E-state index in [1.54, 1.807) is 24.3 Å². The van der Waals surface area contributed by atoms with Crippen LogP contribution in [-0.4, -0.2) is 71.4 Å². The molecule has 3 aromatic rings. The first kappa shape index (κ1) is 28.8. The van der Waals surface area contributed by atoms with Gasteiger partial charge in [-0.05, 0) is 49.1 Å². The number of benzene rings is 2. The number of unbranched alkanes of at least 4 members (excludes halogenated alkanes) is 1. The van der Waals surface area contributed by atoms with Gasteiger partial charge in [-0.3, -0.25) is 14.2 Å². The molecule has 10 nitrogen and oxygen atoms in total. The van der Waals surface area contributed by atoms with E-state index in [1.807, 2.05) is 25.1 Å². The van der Waals surface area contributed by atoms with Gasteiger partial charge in [-0.1, -0.05) is 43.7 Å². The highest BCUT2D eigenvalue weighted by Gasteiger charge is 2.48. The standard InChI is InChI=1S/C31H37N3O7/c1-2-3-16-38-27(36)18-34-30(33-17-24(31(34)37)32-15-7-10-21-8-5-4-6-9-21)22-11-13-23(14-12-22)41-26-20-40-28-25(35)19-39-29(26)28/h4-6,8-9,11-14,17,25-26,28-29,32,35H,2-3,7,10,15-16,18-20H2,1H3/t25-,26-,28-,29-/m1/s1. The van der Waals surface area contributed by atoms with Gasteiger partial charge in [-0.15, -0.1) is 0 Å². The van der Waals surface area contributed by atoms with Crippen molar-refractivity contribution >= 4 is 11.7 Å². The number of aliphatic hydroxyl groups is 1. The van der Waals surface area contributed by atoms with Crippen LogP contribution in [0.4, 0.5) is 5.69 Å². The lowest BCUT2D eigenvalue weighted by Crippen LogP contribution is -2.34. The number of aliphatic hydroxyl groups excluding tert-OH is 1. The van der Waals surface area contributed by atoms with Gasteiger partial charge in [0.05, 0.1) is 26.0 Å². The number of nitrogens with zero attached hydrogens (tertiary/aromatic N) is 2. The number of fused-ring (bicyclic) bond motifs is 1. The van der Waals surface area contributed by atoms with Crippen molar-refractivity contribution in [3.8, 4) is 17.1 Å². The maximum absolute atomic E-state index is 13.5. The van der Waals surface area contributed by atoms with Crippen molar-refractivity contribution in [3.63, 3.8) is 0 Å². The number of rotatable bonds is 13. The summed E-state index contributed by atoms with van der Waals surface area (Å²) in [5.41, 5.74) is 1.88. The SMILES string of the molecule is CCCCOC(=O)Cn1c(-c2ccc(O[C@@H]3CO[C@H]4[C@@H]3OC[C@H]4O)cc2)ncc(NCCCc2ccccc2)c1=O. The number of aryl methyl sites for hydroxylation is 1. The van der Waals surface area contributed by atoms with Crippen LogP contribution in [0.15, 0.2) is 65.6 Å². The van der Waals surface area contributed by atoms with Gasteiger partial charge in [0.15, 0.2) is 6.10 Å². The van der Waals surface area contributed by atoms with Crippen molar-refractivity contribution in [1.82, 2.24) is 9.55 Å². The Kier molecular flexibility index (Phi) is 9.66. The summed E-state index contributed by atoms with van der Waals surface area (Å²) in [4.78, 5) is 30.7. The van der Waals surface area contributed by atoms with Crippen molar-refractivity contribution in [2.24, 2.45) is 0 Å². The lowest BCUT2D eigenvalue weighted by molar-refractivity contribution is -0.144. The van der Waals surface area contributed by atoms with Gasteiger partial charge in [0.1, 0.15) is 42.1 Å². The van der Waals surface area contributed by atoms with Gasteiger partial charge in [0.25, 0.3) is 5.56 Å². The summed E-state index contributed by atoms with van der Waals surface area (Å²) in [6, 6.07) is 17.3. The van der Waals surface area contributed by atoms with Crippen LogP contribution < -0.4 is 15.6 Å². The number of carbonyl (C=O) groups excluding carboxylic acids is 1. The van der Waals surface area contributed by atoms with E-state index in [4.69, 9.17) is 18.9 Å². The molecular weight excluding hydrogens is 526 g/mol. The Morgan fingerprint density at radius 1 is 1.07 bits per heavy atom. The molecule has 0 aliphatic carbocycles. The molecule has 0 bridgehead atoms. The van der Waals surface area contributed by atoms with Crippen molar-refractivity contribution in [3.05, 3.63) is 76.7 Å². The summed E-state index contributed by atoms with van der Waals surface area (Å²) >= 11 is 0. The molecule has 0 amide bonds. The number of anilines is 1. The number of hydrogen-bond acceptors (Lipinski definition) is 9. The van der Waals surface area contributed by atoms with E-state index in [0.29, 0.717) is 42.6 Å². The maximum atomic E-state index is 13.5. The fourth-order valence-corrected chi connectivity index (χ4v) is 5.06. The third kappa shape index (κ3) is 7.13. The van der Waals surface area contributed by atoms with Crippen molar-refractivity contribution < 1.29 is 28.8 Å². The second-order valence-electron chi connectivity index (χ2n) is 10.3. The van der Waals surface area contributed by atoms with Crippen LogP contribution in [0.5, 0.6) is 5.75 Å². The van der Waals surface area contributed by atoms with Crippen LogP contribution >= 0.6 is 0 Å². The fourth-order valence-electron chi connectivity index (χ4n) is 5.06. The molecule has 2 fully saturated rings. The first-order valence-corrected chi connectivity index (χ1v) is 14.2. The summed E-state index contributed by atoms with van der Waals surface area (Å²) in [5, 5.41) is 13.2. The third-order valence-electron chi connectivity index (χ3n) is 7.28. The maximum Gasteiger partial charge on any atom is 0.326 e. The molecule has 3 heterocycles. The molecule has 2 aliphatic rings. The van der Waals surface area contributed by atoms with Crippen LogP contribution in [-0.2, 0) is 32.0 Å². The normalized spacial score (nSPS) is 21.4. The predicted octanol–water partition coefficient (Wildman–Crippen LogP) is 3.20. The third-order valence-corrected chi connectivity index (χ3v) is 7.28. The molecule has 2 saturated heterocycles. The highest BCUT2D eigenvalue weighted by Crippen LogP contribution is 2.30. The molecule has 0 radical (unpaired) electrons. The van der Waals surface area contributed by atoms with Crippen molar-refractivity contribution in [2.75, 3.05) is 31.7 Å². The van der Waals surface area contributed by atoms with Gasteiger partial charge in [-0.25, -0.2) is 4.98 Å². The Morgan fingerprint density at radius 2 is 1.85 bits per heavy atom. The zero-order valence-corrected chi connectivity index (χ0v) is 23.2. The van der Waals surface area contributed by atoms with Crippen LogP contribution in [0.1, 0.15) is 31.7 Å². The largest absolute Gasteiger partial charge is 0.485 e. The Bertz CT molecular complexity index is 1350. The number of esters is 1. The molecule has 4 atom stereocenters. The minimum atomic E-state index is -0.645. The summed E-state index contributed by atoms with van der Waals surface area (Å²) in [5.74, 6) is 0.465. The van der Waals surface area contributed by atoms with Gasteiger partial charge in [-0.2, -0.15) is 0 Å². The molecule has 0 saturated carbocycles. The van der Waals surface area contributed by atoms with Crippen LogP contribution in [0, 0.1) is 0 Å². The van der Waals surface area contributed by atoms with E-state index in [1.165, 1.54) is 16.3 Å². The van der Waals surface area contributed by atoms with E-state index in [0.717, 1.165) is 25.7 Å². The van der Waals surface area contributed by atoms with E-state index in [-0.39, 0.29) is 37.0 Å². The van der Waals surface area contributed by atoms with Gasteiger partial charge in [0.2, 0.25) is 0 Å². The van der Waals surface area contributed by atoms with E-state index in [9.17, 15) is 14.7 Å². The fraction of sp³-hybridized carbons (Fsp3) is 0.452. The number of carbonyl (C=O) groups is 1. The lowest BCUT2D eigenvalue weighted by Gasteiger charge is -2.18. The number of ether oxygens (including phenoxy) is 4. The second kappa shape index (κ2) is 13.8. The lowest BCUT2D eigenvalue weighted by atomic mass is 10.1. The molecule has 2 N–H and O–H groups in total. The van der Waals surface area contributed by atoms with E-state index >= 15 is 0 Å². The van der Waals surface area contributed by atoms with Gasteiger partial charge < -0.3 is 29.4 Å². The minimum absolute atomic E-state index is 0.232. The monoisotopic (exact) mass is 563 g/mol. The number of nitrogens with one attached hydrogen (secondary N) is 1. The zero-order valence-electron chi connectivity index (χ0n) is 23.2. The van der Waals surface area contributed by atoms with E-state index < -0.39 is 12.1 Å². The number of hydrogen-bond donors (Lipinski definition) is 2. The first-order valence-electron chi connectivity index (χ1n) is 14.2. The Morgan fingerprint density at radius 3 is 2.63 bits per heavy atom. The quantitative estimate of drug-likeness (QED) is 0.239. The molecule has 0 spiro atoms. The highest BCUT2D eigenvalue weighted by atomic mass is 16.6. The first-order chi connectivity index (χ1) is 20.0. The van der Waals surface area contributed by atoms with E-state index in [2.05, 4.69) is 22.4 Å². The Balaban J connectivity index is 1.29. The van der Waals surface area contributed by atoms with Crippen LogP contribution in [0.25, 0.3) is 11.4 Å². The molecule has 2 aliphatic heterocycles. The molecule has 2 aromatic carbocycles. The highest BCUT2D eigenvalue weighted by molar-refractivity contribution is 5.71. The summed E-state index contributed by atoms with van der Waals surface area (Å²) in [6.45, 7) is 3.23. The average molecular weight is 564 g/mol. The molecule has 0 unspecified atom stereocenters. The Hall–Kier alpha value is -3.73. The average Bonchev–Trinajstić information content (AvgIpc) is 3.56. The van der Waals surface area contributed by atoms with Crippen LogP contribution in [0.3, 0.4) is 0 Å². The molecule has 5 rings (SSSR count). The molecule has 218 valence electrons. The molecule has 10 heteroatoms. The van der Waals surface area contributed by atoms with Crippen molar-refractivity contribution in [1.29, 1.82) is 0 Å². The Labute approximate surface area is 239 Å². The van der Waals surface area contributed by atoms with Crippen LogP contribution in [0.2, 0.25) is 0 Å². The summed E-state index contributed by atoms with van der Waals surface area (Å²) in [7, 11) is 0. The second-order valence-corrected chi connectivity index (χ2v) is 10.3. The zero-order chi connectivity index (χ0) is 28.6. The predicted molar refractivity (Wildman–Crippen MR) is 153 cm³/mol. The van der Waals surface area contributed by atoms with Gasteiger partial charge >= 0.3 is 5.97 Å². The minimum Gasteiger partial charge on any atom is -0.485 e. The summed E-state index contributed by atoms with van der Waals surface area (Å²) in [6.07, 6.45) is 3.23. The van der Waals surface area contributed by atoms with Crippen molar-refractivity contribution in [2.45, 2.75) is 63.6 Å². The molecular formula is C31H37N3O7. The summed E-state index contributed by atoms with van der Waals surface area (Å²) < 4.78 is 24.1. The van der Waals surface area contributed by atoms with Gasteiger partial charge in [0, 0.05) is 12.1 Å². The molecule has 1 aromatic heterocycles. The number of aromatic nitrogens is 2.